The maximum atomic E-state index is 11.9. The molecule has 1 atom stereocenters. The molecule has 0 radical (unpaired) electrons. The maximum Gasteiger partial charge on any atom is 0.237 e. The summed E-state index contributed by atoms with van der Waals surface area (Å²) in [5.74, 6) is 0.861. The van der Waals surface area contributed by atoms with Crippen molar-refractivity contribution in [2.45, 2.75) is 71.4 Å². The van der Waals surface area contributed by atoms with E-state index in [1.54, 1.807) is 0 Å². The Bertz CT molecular complexity index is 220. The van der Waals surface area contributed by atoms with Crippen molar-refractivity contribution in [2.24, 2.45) is 5.92 Å². The zero-order valence-corrected chi connectivity index (χ0v) is 11.6. The zero-order chi connectivity index (χ0) is 12.7. The highest BCUT2D eigenvalue weighted by atomic mass is 16.2. The normalized spacial score (nSPS) is 18.6. The molecule has 0 bridgehead atoms. The van der Waals surface area contributed by atoms with E-state index >= 15 is 0 Å². The minimum atomic E-state index is -0.0591. The van der Waals surface area contributed by atoms with E-state index in [0.717, 1.165) is 19.4 Å². The van der Waals surface area contributed by atoms with Crippen molar-refractivity contribution in [3.63, 3.8) is 0 Å². The van der Waals surface area contributed by atoms with Crippen LogP contribution in [0.2, 0.25) is 0 Å². The van der Waals surface area contributed by atoms with Gasteiger partial charge in [-0.05, 0) is 32.2 Å². The van der Waals surface area contributed by atoms with E-state index in [9.17, 15) is 4.79 Å². The summed E-state index contributed by atoms with van der Waals surface area (Å²) in [6.45, 7) is 7.33. The molecule has 100 valence electrons. The number of carbonyl (C=O) groups is 1. The molecule has 0 aromatic rings. The first-order valence-corrected chi connectivity index (χ1v) is 7.21. The van der Waals surface area contributed by atoms with Crippen molar-refractivity contribution in [1.29, 1.82) is 0 Å². The summed E-state index contributed by atoms with van der Waals surface area (Å²) in [6, 6.07) is 0.371. The SMILES string of the molecule is CCC(CC)CNC(C)C(=O)NC1CCCC1. The van der Waals surface area contributed by atoms with Gasteiger partial charge in [-0.15, -0.1) is 0 Å². The molecule has 17 heavy (non-hydrogen) atoms. The van der Waals surface area contributed by atoms with Gasteiger partial charge in [0.1, 0.15) is 0 Å². The van der Waals surface area contributed by atoms with Crippen LogP contribution in [0.3, 0.4) is 0 Å². The third-order valence-corrected chi connectivity index (χ3v) is 3.96. The second kappa shape index (κ2) is 7.70. The highest BCUT2D eigenvalue weighted by molar-refractivity contribution is 5.81. The molecule has 0 heterocycles. The van der Waals surface area contributed by atoms with Crippen LogP contribution in [0.5, 0.6) is 0 Å². The van der Waals surface area contributed by atoms with Crippen LogP contribution in [-0.4, -0.2) is 24.5 Å². The molecule has 0 saturated heterocycles. The van der Waals surface area contributed by atoms with E-state index in [4.69, 9.17) is 0 Å². The molecule has 0 aromatic heterocycles. The Hall–Kier alpha value is -0.570. The fourth-order valence-electron chi connectivity index (χ4n) is 2.41. The average Bonchev–Trinajstić information content (AvgIpc) is 2.82. The van der Waals surface area contributed by atoms with Crippen molar-refractivity contribution in [2.75, 3.05) is 6.54 Å². The Morgan fingerprint density at radius 2 is 1.82 bits per heavy atom. The predicted octanol–water partition coefficient (Wildman–Crippen LogP) is 2.46. The Kier molecular flexibility index (Phi) is 6.56. The third-order valence-electron chi connectivity index (χ3n) is 3.96. The molecule has 1 amide bonds. The van der Waals surface area contributed by atoms with Crippen molar-refractivity contribution in [1.82, 2.24) is 10.6 Å². The Balaban J connectivity index is 2.21. The summed E-state index contributed by atoms with van der Waals surface area (Å²) in [7, 11) is 0. The average molecular weight is 240 g/mol. The minimum absolute atomic E-state index is 0.0591. The number of amides is 1. The van der Waals surface area contributed by atoms with E-state index in [1.807, 2.05) is 6.92 Å². The van der Waals surface area contributed by atoms with Crippen LogP contribution in [0.25, 0.3) is 0 Å². The number of rotatable bonds is 7. The second-order valence-corrected chi connectivity index (χ2v) is 5.30. The first-order chi connectivity index (χ1) is 8.17. The van der Waals surface area contributed by atoms with E-state index < -0.39 is 0 Å². The Morgan fingerprint density at radius 1 is 1.24 bits per heavy atom. The van der Waals surface area contributed by atoms with Crippen LogP contribution in [0.4, 0.5) is 0 Å². The first kappa shape index (κ1) is 14.5. The van der Waals surface area contributed by atoms with Crippen molar-refractivity contribution < 1.29 is 4.79 Å². The second-order valence-electron chi connectivity index (χ2n) is 5.30. The lowest BCUT2D eigenvalue weighted by Gasteiger charge is -2.20. The maximum absolute atomic E-state index is 11.9. The van der Waals surface area contributed by atoms with Gasteiger partial charge in [-0.1, -0.05) is 39.5 Å². The van der Waals surface area contributed by atoms with Crippen LogP contribution in [0.1, 0.15) is 59.3 Å². The zero-order valence-electron chi connectivity index (χ0n) is 11.6. The van der Waals surface area contributed by atoms with Gasteiger partial charge in [-0.3, -0.25) is 4.79 Å². The molecule has 1 aliphatic rings. The summed E-state index contributed by atoms with van der Waals surface area (Å²) in [6.07, 6.45) is 7.21. The van der Waals surface area contributed by atoms with Gasteiger partial charge >= 0.3 is 0 Å². The van der Waals surface area contributed by atoms with Crippen LogP contribution in [0.15, 0.2) is 0 Å². The number of hydrogen-bond donors (Lipinski definition) is 2. The monoisotopic (exact) mass is 240 g/mol. The summed E-state index contributed by atoms with van der Waals surface area (Å²) in [4.78, 5) is 11.9. The fourth-order valence-corrected chi connectivity index (χ4v) is 2.41. The molecule has 1 fully saturated rings. The topological polar surface area (TPSA) is 41.1 Å². The van der Waals surface area contributed by atoms with Crippen molar-refractivity contribution in [3.8, 4) is 0 Å². The lowest BCUT2D eigenvalue weighted by molar-refractivity contribution is -0.123. The van der Waals surface area contributed by atoms with Crippen molar-refractivity contribution >= 4 is 5.91 Å². The predicted molar refractivity (Wildman–Crippen MR) is 71.9 cm³/mol. The molecular formula is C14H28N2O. The molecule has 1 saturated carbocycles. The van der Waals surface area contributed by atoms with E-state index in [2.05, 4.69) is 24.5 Å². The van der Waals surface area contributed by atoms with Crippen molar-refractivity contribution in [3.05, 3.63) is 0 Å². The van der Waals surface area contributed by atoms with Gasteiger partial charge in [-0.2, -0.15) is 0 Å². The summed E-state index contributed by atoms with van der Waals surface area (Å²) >= 11 is 0. The van der Waals surface area contributed by atoms with Gasteiger partial charge in [0, 0.05) is 6.04 Å². The molecule has 1 aliphatic carbocycles. The van der Waals surface area contributed by atoms with Gasteiger partial charge in [0.15, 0.2) is 0 Å². The van der Waals surface area contributed by atoms with E-state index in [-0.39, 0.29) is 11.9 Å². The Labute approximate surface area is 106 Å². The smallest absolute Gasteiger partial charge is 0.237 e. The van der Waals surface area contributed by atoms with Gasteiger partial charge in [0.25, 0.3) is 0 Å². The highest BCUT2D eigenvalue weighted by Gasteiger charge is 2.20. The van der Waals surface area contributed by atoms with Gasteiger partial charge in [0.05, 0.1) is 6.04 Å². The largest absolute Gasteiger partial charge is 0.352 e. The van der Waals surface area contributed by atoms with Crippen LogP contribution in [-0.2, 0) is 4.79 Å². The lowest BCUT2D eigenvalue weighted by Crippen LogP contribution is -2.46. The molecular weight excluding hydrogens is 212 g/mol. The number of nitrogens with one attached hydrogen (secondary N) is 2. The summed E-state index contributed by atoms with van der Waals surface area (Å²) < 4.78 is 0. The standard InChI is InChI=1S/C14H28N2O/c1-4-12(5-2)10-15-11(3)14(17)16-13-8-6-7-9-13/h11-13,15H,4-10H2,1-3H3,(H,16,17). The summed E-state index contributed by atoms with van der Waals surface area (Å²) in [5.41, 5.74) is 0. The number of hydrogen-bond acceptors (Lipinski definition) is 2. The van der Waals surface area contributed by atoms with E-state index in [0.29, 0.717) is 12.0 Å². The molecule has 3 heteroatoms. The molecule has 1 unspecified atom stereocenters. The lowest BCUT2D eigenvalue weighted by atomic mass is 10.0. The minimum Gasteiger partial charge on any atom is -0.352 e. The van der Waals surface area contributed by atoms with E-state index in [1.165, 1.54) is 25.7 Å². The highest BCUT2D eigenvalue weighted by Crippen LogP contribution is 2.17. The van der Waals surface area contributed by atoms with Gasteiger partial charge < -0.3 is 10.6 Å². The Morgan fingerprint density at radius 3 is 2.35 bits per heavy atom. The fraction of sp³-hybridized carbons (Fsp3) is 0.929. The molecule has 2 N–H and O–H groups in total. The van der Waals surface area contributed by atoms with Crippen LogP contribution < -0.4 is 10.6 Å². The summed E-state index contributed by atoms with van der Waals surface area (Å²) in [5, 5.41) is 6.48. The number of carbonyl (C=O) groups excluding carboxylic acids is 1. The third kappa shape index (κ3) is 5.07. The quantitative estimate of drug-likeness (QED) is 0.717. The van der Waals surface area contributed by atoms with Gasteiger partial charge in [0.2, 0.25) is 5.91 Å². The molecule has 1 rings (SSSR count). The van der Waals surface area contributed by atoms with Crippen LogP contribution in [0, 0.1) is 5.92 Å². The molecule has 0 aromatic carbocycles. The van der Waals surface area contributed by atoms with Crippen LogP contribution >= 0.6 is 0 Å². The molecule has 0 spiro atoms. The molecule has 3 nitrogen and oxygen atoms in total. The molecule has 0 aliphatic heterocycles. The van der Waals surface area contributed by atoms with Gasteiger partial charge in [-0.25, -0.2) is 0 Å². The first-order valence-electron chi connectivity index (χ1n) is 7.21.